The van der Waals surface area contributed by atoms with Gasteiger partial charge in [0.15, 0.2) is 0 Å². The second-order valence-electron chi connectivity index (χ2n) is 4.62. The quantitative estimate of drug-likeness (QED) is 0.822. The number of nitrogens with zero attached hydrogens (tertiary/aromatic N) is 1. The number of phenols is 1. The van der Waals surface area contributed by atoms with Crippen LogP contribution in [0.4, 0.5) is 0 Å². The molecule has 0 bridgehead atoms. The van der Waals surface area contributed by atoms with Gasteiger partial charge in [-0.1, -0.05) is 17.7 Å². The molecule has 1 heterocycles. The second-order valence-corrected chi connectivity index (χ2v) is 5.88. The lowest BCUT2D eigenvalue weighted by Gasteiger charge is -2.35. The highest BCUT2D eigenvalue weighted by molar-refractivity contribution is 9.10. The molecule has 0 radical (unpaired) electrons. The third kappa shape index (κ3) is 3.31. The molecule has 0 amide bonds. The number of benzene rings is 1. The lowest BCUT2D eigenvalue weighted by atomic mass is 10.00. The van der Waals surface area contributed by atoms with Crippen LogP contribution in [-0.4, -0.2) is 36.2 Å². The van der Waals surface area contributed by atoms with E-state index in [2.05, 4.69) is 32.7 Å². The summed E-state index contributed by atoms with van der Waals surface area (Å²) < 4.78 is 0.677. The van der Waals surface area contributed by atoms with Gasteiger partial charge in [-0.25, -0.2) is 0 Å². The van der Waals surface area contributed by atoms with Crippen molar-refractivity contribution in [2.24, 2.45) is 0 Å². The summed E-state index contributed by atoms with van der Waals surface area (Å²) >= 11 is 9.65. The molecule has 1 aliphatic rings. The average molecular weight is 346 g/mol. The van der Waals surface area contributed by atoms with Crippen LogP contribution in [0.2, 0.25) is 5.02 Å². The van der Waals surface area contributed by atoms with Gasteiger partial charge in [0.1, 0.15) is 5.75 Å². The zero-order valence-electron chi connectivity index (χ0n) is 10.7. The summed E-state index contributed by atoms with van der Waals surface area (Å²) in [5.41, 5.74) is 0.790. The third-order valence-electron chi connectivity index (χ3n) is 3.43. The minimum absolute atomic E-state index is 0.0737. The van der Waals surface area contributed by atoms with Crippen LogP contribution in [0.5, 0.6) is 5.75 Å². The first kappa shape index (κ1) is 14.9. The van der Waals surface area contributed by atoms with Crippen molar-refractivity contribution >= 4 is 27.5 Å². The maximum atomic E-state index is 10.3. The summed E-state index contributed by atoms with van der Waals surface area (Å²) in [7, 11) is 0. The van der Waals surface area contributed by atoms with E-state index in [0.717, 1.165) is 38.2 Å². The van der Waals surface area contributed by atoms with Crippen LogP contribution in [0.1, 0.15) is 18.0 Å². The number of phenolic OH excluding ortho intramolecular Hbond substituents is 1. The van der Waals surface area contributed by atoms with Gasteiger partial charge in [-0.05, 0) is 34.5 Å². The van der Waals surface area contributed by atoms with Crippen molar-refractivity contribution in [3.8, 4) is 5.75 Å². The van der Waals surface area contributed by atoms with Crippen molar-refractivity contribution in [3.63, 3.8) is 0 Å². The van der Waals surface area contributed by atoms with E-state index in [-0.39, 0.29) is 11.8 Å². The molecule has 1 atom stereocenters. The smallest absolute Gasteiger partial charge is 0.136 e. The highest BCUT2D eigenvalue weighted by Crippen LogP contribution is 2.41. The van der Waals surface area contributed by atoms with E-state index in [1.54, 1.807) is 6.07 Å². The van der Waals surface area contributed by atoms with Crippen LogP contribution < -0.4 is 5.32 Å². The number of hydrogen-bond donors (Lipinski definition) is 2. The first-order valence-electron chi connectivity index (χ1n) is 6.37. The van der Waals surface area contributed by atoms with Crippen LogP contribution in [-0.2, 0) is 0 Å². The number of hydrogen-bond acceptors (Lipinski definition) is 3. The fourth-order valence-corrected chi connectivity index (χ4v) is 3.10. The average Bonchev–Trinajstić information content (AvgIpc) is 2.43. The van der Waals surface area contributed by atoms with Gasteiger partial charge < -0.3 is 10.4 Å². The maximum absolute atomic E-state index is 10.3. The molecule has 0 aliphatic carbocycles. The lowest BCUT2D eigenvalue weighted by molar-refractivity contribution is 0.172. The molecular weight excluding hydrogens is 328 g/mol. The van der Waals surface area contributed by atoms with Gasteiger partial charge >= 0.3 is 0 Å². The predicted octanol–water partition coefficient (Wildman–Crippen LogP) is 3.33. The van der Waals surface area contributed by atoms with Crippen molar-refractivity contribution in [1.82, 2.24) is 10.2 Å². The van der Waals surface area contributed by atoms with E-state index in [4.69, 9.17) is 11.6 Å². The van der Waals surface area contributed by atoms with E-state index < -0.39 is 0 Å². The SMILES string of the molecule is C=CC[C@H](c1c(Cl)ccc(Br)c1O)N1CCNCC1. The molecule has 3 nitrogen and oxygen atoms in total. The van der Waals surface area contributed by atoms with Crippen LogP contribution in [0.25, 0.3) is 0 Å². The van der Waals surface area contributed by atoms with E-state index in [1.165, 1.54) is 0 Å². The Labute approximate surface area is 127 Å². The molecule has 0 aromatic heterocycles. The number of aromatic hydroxyl groups is 1. The Morgan fingerprint density at radius 2 is 2.16 bits per heavy atom. The summed E-state index contributed by atoms with van der Waals surface area (Å²) in [4.78, 5) is 2.34. The zero-order chi connectivity index (χ0) is 13.8. The molecule has 0 saturated carbocycles. The summed E-state index contributed by atoms with van der Waals surface area (Å²) in [5.74, 6) is 0.234. The molecule has 1 aliphatic heterocycles. The Morgan fingerprint density at radius 3 is 2.79 bits per heavy atom. The van der Waals surface area contributed by atoms with Crippen molar-refractivity contribution in [3.05, 3.63) is 39.8 Å². The molecule has 0 spiro atoms. The Morgan fingerprint density at radius 1 is 1.47 bits per heavy atom. The molecule has 1 aromatic carbocycles. The van der Waals surface area contributed by atoms with E-state index >= 15 is 0 Å². The lowest BCUT2D eigenvalue weighted by Crippen LogP contribution is -2.45. The normalized spacial score (nSPS) is 18.2. The summed E-state index contributed by atoms with van der Waals surface area (Å²) in [6.45, 7) is 7.63. The van der Waals surface area contributed by atoms with E-state index in [0.29, 0.717) is 9.50 Å². The van der Waals surface area contributed by atoms with Gasteiger partial charge in [0.2, 0.25) is 0 Å². The van der Waals surface area contributed by atoms with Crippen LogP contribution in [0.3, 0.4) is 0 Å². The van der Waals surface area contributed by atoms with Gasteiger partial charge in [-0.3, -0.25) is 4.90 Å². The second kappa shape index (κ2) is 6.75. The molecule has 0 unspecified atom stereocenters. The van der Waals surface area contributed by atoms with E-state index in [9.17, 15) is 5.11 Å². The predicted molar refractivity (Wildman–Crippen MR) is 82.8 cm³/mol. The number of rotatable bonds is 4. The molecule has 1 saturated heterocycles. The van der Waals surface area contributed by atoms with Gasteiger partial charge in [-0.15, -0.1) is 6.58 Å². The third-order valence-corrected chi connectivity index (χ3v) is 4.40. The fourth-order valence-electron chi connectivity index (χ4n) is 2.47. The van der Waals surface area contributed by atoms with Gasteiger partial charge in [0.25, 0.3) is 0 Å². The highest BCUT2D eigenvalue weighted by atomic mass is 79.9. The molecule has 1 aromatic rings. The largest absolute Gasteiger partial charge is 0.506 e. The minimum atomic E-state index is 0.0737. The van der Waals surface area contributed by atoms with Gasteiger partial charge in [0, 0.05) is 42.8 Å². The first-order chi connectivity index (χ1) is 9.15. The van der Waals surface area contributed by atoms with Crippen molar-refractivity contribution in [2.75, 3.05) is 26.2 Å². The molecule has 5 heteroatoms. The standard InChI is InChI=1S/C14H18BrClN2O/c1-2-3-12(18-8-6-17-7-9-18)13-11(16)5-4-10(15)14(13)19/h2,4-5,12,17,19H,1,3,6-9H2/t12-/m1/s1. The van der Waals surface area contributed by atoms with Gasteiger partial charge in [0.05, 0.1) is 4.47 Å². The Hall–Kier alpha value is -0.550. The molecule has 1 fully saturated rings. The Balaban J connectivity index is 2.37. The fraction of sp³-hybridized carbons (Fsp3) is 0.429. The van der Waals surface area contributed by atoms with Crippen LogP contribution in [0.15, 0.2) is 29.3 Å². The monoisotopic (exact) mass is 344 g/mol. The molecule has 2 rings (SSSR count). The summed E-state index contributed by atoms with van der Waals surface area (Å²) in [5, 5.41) is 14.2. The minimum Gasteiger partial charge on any atom is -0.506 e. The number of halogens is 2. The first-order valence-corrected chi connectivity index (χ1v) is 7.54. The van der Waals surface area contributed by atoms with E-state index in [1.807, 2.05) is 12.1 Å². The highest BCUT2D eigenvalue weighted by Gasteiger charge is 2.26. The molecule has 19 heavy (non-hydrogen) atoms. The van der Waals surface area contributed by atoms with Crippen LogP contribution >= 0.6 is 27.5 Å². The Kier molecular flexibility index (Phi) is 5.28. The maximum Gasteiger partial charge on any atom is 0.136 e. The summed E-state index contributed by atoms with van der Waals surface area (Å²) in [6.07, 6.45) is 2.65. The molecular formula is C14H18BrClN2O. The topological polar surface area (TPSA) is 35.5 Å². The van der Waals surface area contributed by atoms with Crippen molar-refractivity contribution < 1.29 is 5.11 Å². The summed E-state index contributed by atoms with van der Waals surface area (Å²) in [6, 6.07) is 3.66. The molecule has 104 valence electrons. The van der Waals surface area contributed by atoms with Gasteiger partial charge in [-0.2, -0.15) is 0 Å². The van der Waals surface area contributed by atoms with Crippen LogP contribution in [0, 0.1) is 0 Å². The number of nitrogens with one attached hydrogen (secondary N) is 1. The number of piperazine rings is 1. The zero-order valence-corrected chi connectivity index (χ0v) is 13.0. The Bertz CT molecular complexity index is 461. The van der Waals surface area contributed by atoms with Crippen molar-refractivity contribution in [1.29, 1.82) is 0 Å². The van der Waals surface area contributed by atoms with Crippen molar-refractivity contribution in [2.45, 2.75) is 12.5 Å². The molecule has 2 N–H and O–H groups in total.